The molecule has 1 aromatic heterocycles. The fourth-order valence-corrected chi connectivity index (χ4v) is 2.05. The Balaban J connectivity index is 1.69. The molecule has 0 radical (unpaired) electrons. The van der Waals surface area contributed by atoms with E-state index in [1.165, 1.54) is 0 Å². The van der Waals surface area contributed by atoms with Gasteiger partial charge in [0, 0.05) is 18.0 Å². The molecule has 1 amide bonds. The zero-order valence-corrected chi connectivity index (χ0v) is 13.1. The Morgan fingerprint density at radius 2 is 1.83 bits per heavy atom. The van der Waals surface area contributed by atoms with Gasteiger partial charge in [-0.25, -0.2) is 4.79 Å². The lowest BCUT2D eigenvalue weighted by atomic mass is 10.1. The van der Waals surface area contributed by atoms with Crippen molar-refractivity contribution < 1.29 is 14.3 Å². The van der Waals surface area contributed by atoms with Gasteiger partial charge in [-0.3, -0.25) is 9.78 Å². The van der Waals surface area contributed by atoms with Gasteiger partial charge in [-0.1, -0.05) is 18.2 Å². The van der Waals surface area contributed by atoms with Gasteiger partial charge < -0.3 is 10.1 Å². The topological polar surface area (TPSA) is 68.3 Å². The summed E-state index contributed by atoms with van der Waals surface area (Å²) in [4.78, 5) is 27.8. The van der Waals surface area contributed by atoms with Crippen molar-refractivity contribution >= 4 is 11.9 Å². The fraction of sp³-hybridized carbons (Fsp3) is 0.278. The van der Waals surface area contributed by atoms with Gasteiger partial charge in [0.2, 0.25) is 0 Å². The minimum absolute atomic E-state index is 0.285. The van der Waals surface area contributed by atoms with Crippen LogP contribution >= 0.6 is 0 Å². The monoisotopic (exact) mass is 312 g/mol. The summed E-state index contributed by atoms with van der Waals surface area (Å²) in [6.07, 6.45) is 5.03. The second-order valence-electron chi connectivity index (χ2n) is 5.19. The molecule has 1 aromatic carbocycles. The maximum atomic E-state index is 11.9. The summed E-state index contributed by atoms with van der Waals surface area (Å²) in [5, 5.41) is 2.63. The van der Waals surface area contributed by atoms with Gasteiger partial charge >= 0.3 is 5.97 Å². The Morgan fingerprint density at radius 1 is 1.13 bits per heavy atom. The summed E-state index contributed by atoms with van der Waals surface area (Å²) in [5.74, 6) is -0.712. The van der Waals surface area contributed by atoms with Crippen LogP contribution in [0, 0.1) is 0 Å². The van der Waals surface area contributed by atoms with Gasteiger partial charge in [0.25, 0.3) is 5.91 Å². The van der Waals surface area contributed by atoms with Gasteiger partial charge in [0.1, 0.15) is 6.04 Å². The molecule has 1 heterocycles. The lowest BCUT2D eigenvalue weighted by Crippen LogP contribution is -2.39. The smallest absolute Gasteiger partial charge is 0.328 e. The Kier molecular flexibility index (Phi) is 6.29. The van der Waals surface area contributed by atoms with E-state index in [4.69, 9.17) is 4.74 Å². The van der Waals surface area contributed by atoms with E-state index in [0.29, 0.717) is 12.2 Å². The zero-order chi connectivity index (χ0) is 16.5. The van der Waals surface area contributed by atoms with Crippen LogP contribution in [0.15, 0.2) is 54.9 Å². The number of ether oxygens (including phenoxy) is 1. The van der Waals surface area contributed by atoms with Crippen molar-refractivity contribution in [3.63, 3.8) is 0 Å². The molecule has 23 heavy (non-hydrogen) atoms. The Morgan fingerprint density at radius 3 is 2.52 bits per heavy atom. The van der Waals surface area contributed by atoms with Gasteiger partial charge in [-0.2, -0.15) is 0 Å². The predicted molar refractivity (Wildman–Crippen MR) is 86.9 cm³/mol. The van der Waals surface area contributed by atoms with Crippen LogP contribution in [0.3, 0.4) is 0 Å². The van der Waals surface area contributed by atoms with E-state index in [1.54, 1.807) is 43.6 Å². The lowest BCUT2D eigenvalue weighted by Gasteiger charge is -2.13. The maximum Gasteiger partial charge on any atom is 0.328 e. The number of rotatable bonds is 7. The standard InChI is InChI=1S/C18H20N2O3/c1-14(20-17(21)16-7-3-2-4-8-16)18(22)23-13-5-6-15-9-11-19-12-10-15/h2-4,7-12,14H,5-6,13H2,1H3,(H,20,21). The van der Waals surface area contributed by atoms with E-state index in [1.807, 2.05) is 18.2 Å². The number of esters is 1. The van der Waals surface area contributed by atoms with Crippen molar-refractivity contribution in [2.45, 2.75) is 25.8 Å². The number of aryl methyl sites for hydroxylation is 1. The summed E-state index contributed by atoms with van der Waals surface area (Å²) >= 11 is 0. The van der Waals surface area contributed by atoms with Gasteiger partial charge in [-0.05, 0) is 49.6 Å². The predicted octanol–water partition coefficient (Wildman–Crippen LogP) is 2.38. The van der Waals surface area contributed by atoms with Crippen LogP contribution < -0.4 is 5.32 Å². The molecule has 0 bridgehead atoms. The largest absolute Gasteiger partial charge is 0.464 e. The highest BCUT2D eigenvalue weighted by atomic mass is 16.5. The third-order valence-electron chi connectivity index (χ3n) is 3.34. The average Bonchev–Trinajstić information content (AvgIpc) is 2.60. The highest BCUT2D eigenvalue weighted by molar-refractivity contribution is 5.96. The normalized spacial score (nSPS) is 11.5. The van der Waals surface area contributed by atoms with Crippen molar-refractivity contribution in [2.24, 2.45) is 0 Å². The van der Waals surface area contributed by atoms with E-state index >= 15 is 0 Å². The maximum absolute atomic E-state index is 11.9. The van der Waals surface area contributed by atoms with Crippen LogP contribution in [0.25, 0.3) is 0 Å². The number of hydrogen-bond donors (Lipinski definition) is 1. The molecule has 1 N–H and O–H groups in total. The van der Waals surface area contributed by atoms with Gasteiger partial charge in [0.15, 0.2) is 0 Å². The first kappa shape index (κ1) is 16.7. The highest BCUT2D eigenvalue weighted by Gasteiger charge is 2.17. The fourth-order valence-electron chi connectivity index (χ4n) is 2.05. The number of nitrogens with one attached hydrogen (secondary N) is 1. The number of carbonyl (C=O) groups is 2. The molecular formula is C18H20N2O3. The molecule has 1 atom stereocenters. The molecule has 120 valence electrons. The first-order chi connectivity index (χ1) is 11.2. The molecule has 0 aliphatic carbocycles. The molecule has 0 spiro atoms. The summed E-state index contributed by atoms with van der Waals surface area (Å²) in [6, 6.07) is 12.0. The molecule has 0 fully saturated rings. The van der Waals surface area contributed by atoms with Crippen LogP contribution in [-0.4, -0.2) is 29.5 Å². The third-order valence-corrected chi connectivity index (χ3v) is 3.34. The minimum atomic E-state index is -0.677. The molecule has 2 aromatic rings. The van der Waals surface area contributed by atoms with E-state index in [9.17, 15) is 9.59 Å². The third kappa shape index (κ3) is 5.54. The summed E-state index contributed by atoms with van der Waals surface area (Å²) in [5.41, 5.74) is 1.67. The molecule has 2 rings (SSSR count). The summed E-state index contributed by atoms with van der Waals surface area (Å²) < 4.78 is 5.19. The van der Waals surface area contributed by atoms with E-state index < -0.39 is 12.0 Å². The van der Waals surface area contributed by atoms with E-state index in [2.05, 4.69) is 10.3 Å². The molecule has 5 heteroatoms. The number of benzene rings is 1. The molecule has 0 saturated carbocycles. The molecule has 1 unspecified atom stereocenters. The number of nitrogens with zero attached hydrogens (tertiary/aromatic N) is 1. The Hall–Kier alpha value is -2.69. The Bertz CT molecular complexity index is 629. The average molecular weight is 312 g/mol. The van der Waals surface area contributed by atoms with Crippen LogP contribution in [-0.2, 0) is 16.0 Å². The highest BCUT2D eigenvalue weighted by Crippen LogP contribution is 2.02. The van der Waals surface area contributed by atoms with Crippen molar-refractivity contribution in [1.82, 2.24) is 10.3 Å². The summed E-state index contributed by atoms with van der Waals surface area (Å²) in [6.45, 7) is 1.94. The molecule has 0 aliphatic heterocycles. The number of carbonyl (C=O) groups excluding carboxylic acids is 2. The van der Waals surface area contributed by atoms with Crippen molar-refractivity contribution in [3.05, 3.63) is 66.0 Å². The SMILES string of the molecule is CC(NC(=O)c1ccccc1)C(=O)OCCCc1ccncc1. The quantitative estimate of drug-likeness (QED) is 0.629. The second-order valence-corrected chi connectivity index (χ2v) is 5.19. The molecule has 0 aliphatic rings. The first-order valence-corrected chi connectivity index (χ1v) is 7.58. The van der Waals surface area contributed by atoms with Crippen LogP contribution in [0.5, 0.6) is 0 Å². The first-order valence-electron chi connectivity index (χ1n) is 7.58. The number of aromatic nitrogens is 1. The van der Waals surface area contributed by atoms with E-state index in [-0.39, 0.29) is 5.91 Å². The number of hydrogen-bond acceptors (Lipinski definition) is 4. The number of amides is 1. The molecule has 0 saturated heterocycles. The van der Waals surface area contributed by atoms with Crippen LogP contribution in [0.2, 0.25) is 0 Å². The van der Waals surface area contributed by atoms with E-state index in [0.717, 1.165) is 18.4 Å². The lowest BCUT2D eigenvalue weighted by molar-refractivity contribution is -0.145. The minimum Gasteiger partial charge on any atom is -0.464 e. The van der Waals surface area contributed by atoms with Gasteiger partial charge in [0.05, 0.1) is 6.61 Å². The number of pyridine rings is 1. The van der Waals surface area contributed by atoms with Crippen LogP contribution in [0.1, 0.15) is 29.3 Å². The van der Waals surface area contributed by atoms with Crippen molar-refractivity contribution in [2.75, 3.05) is 6.61 Å². The molecule has 5 nitrogen and oxygen atoms in total. The van der Waals surface area contributed by atoms with Gasteiger partial charge in [-0.15, -0.1) is 0 Å². The van der Waals surface area contributed by atoms with Crippen LogP contribution in [0.4, 0.5) is 0 Å². The Labute approximate surface area is 135 Å². The van der Waals surface area contributed by atoms with Crippen molar-refractivity contribution in [3.8, 4) is 0 Å². The zero-order valence-electron chi connectivity index (χ0n) is 13.1. The second kappa shape index (κ2) is 8.68. The van der Waals surface area contributed by atoms with Crippen molar-refractivity contribution in [1.29, 1.82) is 0 Å². The summed E-state index contributed by atoms with van der Waals surface area (Å²) in [7, 11) is 0. The molecular weight excluding hydrogens is 292 g/mol.